The van der Waals surface area contributed by atoms with Crippen molar-refractivity contribution >= 4 is 28.4 Å². The lowest BCUT2D eigenvalue weighted by atomic mass is 10.1. The molecule has 1 aromatic heterocycles. The second-order valence-electron chi connectivity index (χ2n) is 6.22. The highest BCUT2D eigenvalue weighted by molar-refractivity contribution is 6.30. The van der Waals surface area contributed by atoms with Crippen molar-refractivity contribution in [3.05, 3.63) is 69.2 Å². The van der Waals surface area contributed by atoms with E-state index in [-0.39, 0.29) is 11.5 Å². The largest absolute Gasteiger partial charge is 0.491 e. The van der Waals surface area contributed by atoms with Gasteiger partial charge in [0.25, 0.3) is 11.5 Å². The van der Waals surface area contributed by atoms with Crippen LogP contribution in [0.5, 0.6) is 5.75 Å². The van der Waals surface area contributed by atoms with Crippen LogP contribution in [-0.2, 0) is 13.6 Å². The molecule has 0 unspecified atom stereocenters. The molecule has 0 bridgehead atoms. The summed E-state index contributed by atoms with van der Waals surface area (Å²) in [5.41, 5.74) is 1.73. The van der Waals surface area contributed by atoms with Gasteiger partial charge in [-0.15, -0.1) is 0 Å². The predicted molar refractivity (Wildman–Crippen MR) is 98.7 cm³/mol. The summed E-state index contributed by atoms with van der Waals surface area (Å²) in [7, 11) is 1.65. The van der Waals surface area contributed by atoms with Crippen molar-refractivity contribution in [1.29, 1.82) is 0 Å². The van der Waals surface area contributed by atoms with Crippen molar-refractivity contribution in [1.82, 2.24) is 14.5 Å². The van der Waals surface area contributed by atoms with Crippen molar-refractivity contribution in [2.75, 3.05) is 13.2 Å². The van der Waals surface area contributed by atoms with E-state index in [0.717, 1.165) is 11.3 Å². The van der Waals surface area contributed by atoms with Gasteiger partial charge in [-0.3, -0.25) is 9.59 Å². The Balaban J connectivity index is 1.68. The van der Waals surface area contributed by atoms with E-state index in [1.165, 1.54) is 10.9 Å². The van der Waals surface area contributed by atoms with E-state index in [2.05, 4.69) is 4.98 Å². The number of fused-ring (bicyclic) bond motifs is 2. The Morgan fingerprint density at radius 3 is 2.92 bits per heavy atom. The minimum absolute atomic E-state index is 0.134. The van der Waals surface area contributed by atoms with Gasteiger partial charge < -0.3 is 14.2 Å². The first-order valence-electron chi connectivity index (χ1n) is 8.19. The summed E-state index contributed by atoms with van der Waals surface area (Å²) in [6, 6.07) is 10.4. The van der Waals surface area contributed by atoms with Crippen LogP contribution in [0.2, 0.25) is 5.02 Å². The number of aromatic nitrogens is 2. The Morgan fingerprint density at radius 2 is 2.08 bits per heavy atom. The number of carbonyl (C=O) groups is 1. The maximum atomic E-state index is 13.0. The number of ether oxygens (including phenoxy) is 1. The maximum Gasteiger partial charge on any atom is 0.260 e. The second kappa shape index (κ2) is 6.46. The number of nitrogens with zero attached hydrogens (tertiary/aromatic N) is 3. The number of aryl methyl sites for hydroxylation is 1. The molecule has 2 aromatic carbocycles. The molecule has 6 nitrogen and oxygen atoms in total. The predicted octanol–water partition coefficient (Wildman–Crippen LogP) is 2.62. The first kappa shape index (κ1) is 16.6. The molecule has 0 spiro atoms. The summed E-state index contributed by atoms with van der Waals surface area (Å²) in [5.74, 6) is 0.610. The highest BCUT2D eigenvalue weighted by atomic mass is 35.5. The number of benzene rings is 2. The van der Waals surface area contributed by atoms with Crippen LogP contribution in [0.25, 0.3) is 10.9 Å². The number of carbonyl (C=O) groups excluding carboxylic acids is 1. The Bertz CT molecular complexity index is 1080. The molecular formula is C19H16ClN3O3. The minimum atomic E-state index is -0.138. The summed E-state index contributed by atoms with van der Waals surface area (Å²) in [6.45, 7) is 1.29. The molecule has 0 atom stereocenters. The van der Waals surface area contributed by atoms with Gasteiger partial charge in [0.1, 0.15) is 12.4 Å². The zero-order valence-corrected chi connectivity index (χ0v) is 14.9. The molecule has 0 saturated heterocycles. The molecule has 2 heterocycles. The fourth-order valence-corrected chi connectivity index (χ4v) is 3.26. The fraction of sp³-hybridized carbons (Fsp3) is 0.211. The molecule has 1 aliphatic heterocycles. The van der Waals surface area contributed by atoms with Gasteiger partial charge in [0.2, 0.25) is 0 Å². The third kappa shape index (κ3) is 2.93. The number of rotatable bonds is 1. The monoisotopic (exact) mass is 369 g/mol. The number of hydrogen-bond acceptors (Lipinski definition) is 4. The van der Waals surface area contributed by atoms with Gasteiger partial charge in [-0.05, 0) is 36.4 Å². The van der Waals surface area contributed by atoms with Crippen LogP contribution in [0.15, 0.2) is 47.5 Å². The third-order valence-electron chi connectivity index (χ3n) is 4.46. The van der Waals surface area contributed by atoms with Crippen LogP contribution in [0.1, 0.15) is 15.9 Å². The van der Waals surface area contributed by atoms with Gasteiger partial charge in [0.15, 0.2) is 0 Å². The normalized spacial score (nSPS) is 13.8. The van der Waals surface area contributed by atoms with Crippen molar-refractivity contribution < 1.29 is 9.53 Å². The van der Waals surface area contributed by atoms with E-state index in [4.69, 9.17) is 16.3 Å². The third-order valence-corrected chi connectivity index (χ3v) is 4.69. The molecule has 26 heavy (non-hydrogen) atoms. The van der Waals surface area contributed by atoms with Crippen LogP contribution >= 0.6 is 11.6 Å². The lowest BCUT2D eigenvalue weighted by Gasteiger charge is -2.20. The molecular weight excluding hydrogens is 354 g/mol. The molecule has 4 rings (SSSR count). The van der Waals surface area contributed by atoms with E-state index in [1.54, 1.807) is 36.2 Å². The Labute approximate surface area is 154 Å². The highest BCUT2D eigenvalue weighted by Gasteiger charge is 2.22. The smallest absolute Gasteiger partial charge is 0.260 e. The van der Waals surface area contributed by atoms with Crippen LogP contribution in [0.4, 0.5) is 0 Å². The quantitative estimate of drug-likeness (QED) is 0.661. The van der Waals surface area contributed by atoms with E-state index in [0.29, 0.717) is 41.2 Å². The molecule has 0 radical (unpaired) electrons. The summed E-state index contributed by atoms with van der Waals surface area (Å²) < 4.78 is 7.12. The zero-order chi connectivity index (χ0) is 18.3. The van der Waals surface area contributed by atoms with Gasteiger partial charge >= 0.3 is 0 Å². The average Bonchev–Trinajstić information content (AvgIpc) is 2.85. The number of halogens is 1. The van der Waals surface area contributed by atoms with Crippen LogP contribution < -0.4 is 10.3 Å². The molecule has 1 amide bonds. The van der Waals surface area contributed by atoms with Crippen molar-refractivity contribution in [2.24, 2.45) is 7.05 Å². The van der Waals surface area contributed by atoms with E-state index in [1.807, 2.05) is 12.1 Å². The van der Waals surface area contributed by atoms with E-state index < -0.39 is 0 Å². The average molecular weight is 370 g/mol. The molecule has 0 saturated carbocycles. The summed E-state index contributed by atoms with van der Waals surface area (Å²) >= 11 is 6.07. The van der Waals surface area contributed by atoms with Crippen LogP contribution in [-0.4, -0.2) is 33.5 Å². The highest BCUT2D eigenvalue weighted by Crippen LogP contribution is 2.27. The standard InChI is InChI=1S/C19H16ClN3O3/c1-22-11-21-16-9-12(2-4-15(16)19(22)25)18(24)23-6-7-26-17-5-3-14(20)8-13(17)10-23/h2-5,8-9,11H,6-7,10H2,1H3. The van der Waals surface area contributed by atoms with Gasteiger partial charge in [-0.1, -0.05) is 11.6 Å². The number of hydrogen-bond donors (Lipinski definition) is 0. The topological polar surface area (TPSA) is 64.4 Å². The number of amides is 1. The first-order chi connectivity index (χ1) is 12.5. The molecule has 1 aliphatic rings. The van der Waals surface area contributed by atoms with E-state index in [9.17, 15) is 9.59 Å². The first-order valence-corrected chi connectivity index (χ1v) is 8.56. The Morgan fingerprint density at radius 1 is 1.23 bits per heavy atom. The van der Waals surface area contributed by atoms with Crippen LogP contribution in [0, 0.1) is 0 Å². The van der Waals surface area contributed by atoms with Gasteiger partial charge in [-0.2, -0.15) is 0 Å². The molecule has 0 N–H and O–H groups in total. The van der Waals surface area contributed by atoms with E-state index >= 15 is 0 Å². The molecule has 3 aromatic rings. The summed E-state index contributed by atoms with van der Waals surface area (Å²) in [4.78, 5) is 31.1. The lowest BCUT2D eigenvalue weighted by Crippen LogP contribution is -2.32. The Kier molecular flexibility index (Phi) is 4.12. The molecule has 0 aliphatic carbocycles. The van der Waals surface area contributed by atoms with Gasteiger partial charge in [0.05, 0.1) is 23.8 Å². The molecule has 132 valence electrons. The summed E-state index contributed by atoms with van der Waals surface area (Å²) in [5, 5.41) is 1.09. The zero-order valence-electron chi connectivity index (χ0n) is 14.1. The van der Waals surface area contributed by atoms with Gasteiger partial charge in [0, 0.05) is 29.7 Å². The van der Waals surface area contributed by atoms with Crippen molar-refractivity contribution in [3.63, 3.8) is 0 Å². The Hall–Kier alpha value is -2.86. The maximum absolute atomic E-state index is 13.0. The van der Waals surface area contributed by atoms with Crippen molar-refractivity contribution in [3.8, 4) is 5.75 Å². The lowest BCUT2D eigenvalue weighted by molar-refractivity contribution is 0.0733. The minimum Gasteiger partial charge on any atom is -0.491 e. The van der Waals surface area contributed by atoms with Gasteiger partial charge in [-0.25, -0.2) is 4.98 Å². The molecule has 7 heteroatoms. The summed E-state index contributed by atoms with van der Waals surface area (Å²) in [6.07, 6.45) is 1.46. The van der Waals surface area contributed by atoms with Crippen molar-refractivity contribution in [2.45, 2.75) is 6.54 Å². The molecule has 0 fully saturated rings. The fourth-order valence-electron chi connectivity index (χ4n) is 3.06. The SMILES string of the molecule is Cn1cnc2cc(C(=O)N3CCOc4ccc(Cl)cc4C3)ccc2c1=O. The second-order valence-corrected chi connectivity index (χ2v) is 6.66. The van der Waals surface area contributed by atoms with Crippen LogP contribution in [0.3, 0.4) is 0 Å².